The summed E-state index contributed by atoms with van der Waals surface area (Å²) in [7, 11) is 0. The highest BCUT2D eigenvalue weighted by atomic mass is 35.5. The Kier molecular flexibility index (Phi) is 4.62. The number of nitrogens with zero attached hydrogens (tertiary/aromatic N) is 1. The van der Waals surface area contributed by atoms with E-state index in [1.165, 1.54) is 4.90 Å². The molecule has 9 heteroatoms. The van der Waals surface area contributed by atoms with Crippen LogP contribution >= 0.6 is 11.6 Å². The fourth-order valence-electron chi connectivity index (χ4n) is 2.14. The molecule has 1 aromatic carbocycles. The van der Waals surface area contributed by atoms with E-state index in [1.807, 2.05) is 0 Å². The number of alkyl halides is 3. The third kappa shape index (κ3) is 3.50. The molecule has 0 aromatic heterocycles. The number of amides is 1. The van der Waals surface area contributed by atoms with Gasteiger partial charge < -0.3 is 15.3 Å². The van der Waals surface area contributed by atoms with Crippen molar-refractivity contribution in [2.45, 2.75) is 12.2 Å². The van der Waals surface area contributed by atoms with Crippen LogP contribution in [0.4, 0.5) is 13.2 Å². The fourth-order valence-corrected chi connectivity index (χ4v) is 2.33. The van der Waals surface area contributed by atoms with E-state index in [-0.39, 0.29) is 30.2 Å². The Bertz CT molecular complexity index is 607. The molecule has 0 saturated carbocycles. The minimum atomic E-state index is -4.59. The van der Waals surface area contributed by atoms with Gasteiger partial charge >= 0.3 is 12.1 Å². The summed E-state index contributed by atoms with van der Waals surface area (Å²) in [5.74, 6) is -1.85. The van der Waals surface area contributed by atoms with E-state index in [0.717, 1.165) is 12.1 Å². The first-order valence-corrected chi connectivity index (χ1v) is 6.70. The topological polar surface area (TPSA) is 69.6 Å². The molecular weight excluding hydrogens is 325 g/mol. The van der Waals surface area contributed by atoms with Crippen molar-refractivity contribution in [1.29, 1.82) is 0 Å². The highest BCUT2D eigenvalue weighted by Gasteiger charge is 2.33. The van der Waals surface area contributed by atoms with Gasteiger partial charge in [-0.2, -0.15) is 13.2 Å². The van der Waals surface area contributed by atoms with Gasteiger partial charge in [0.1, 0.15) is 6.04 Å². The fraction of sp³-hybridized carbons (Fsp3) is 0.385. The molecular formula is C13H12ClF3N2O3. The molecule has 5 nitrogen and oxygen atoms in total. The molecule has 2 N–H and O–H groups in total. The van der Waals surface area contributed by atoms with Crippen LogP contribution in [0.1, 0.15) is 15.9 Å². The van der Waals surface area contributed by atoms with Gasteiger partial charge in [0.25, 0.3) is 5.91 Å². The quantitative estimate of drug-likeness (QED) is 0.865. The van der Waals surface area contributed by atoms with Crippen molar-refractivity contribution in [2.75, 3.05) is 19.6 Å². The molecule has 1 aliphatic rings. The van der Waals surface area contributed by atoms with Crippen LogP contribution in [0.15, 0.2) is 18.2 Å². The SMILES string of the molecule is O=C(O)C1CN(C(=O)c2cc(C(F)(F)F)ccc2Cl)CCN1. The van der Waals surface area contributed by atoms with E-state index >= 15 is 0 Å². The number of piperazine rings is 1. The number of carboxylic acid groups (broad SMARTS) is 1. The standard InChI is InChI=1S/C13H12ClF3N2O3/c14-9-2-1-7(13(15,16)17)5-8(9)11(20)19-4-3-18-10(6-19)12(21)22/h1-2,5,10,18H,3-4,6H2,(H,21,22). The van der Waals surface area contributed by atoms with Crippen molar-refractivity contribution in [1.82, 2.24) is 10.2 Å². The van der Waals surface area contributed by atoms with E-state index in [4.69, 9.17) is 16.7 Å². The number of carbonyl (C=O) groups excluding carboxylic acids is 1. The third-order valence-electron chi connectivity index (χ3n) is 3.28. The normalized spacial score (nSPS) is 19.1. The van der Waals surface area contributed by atoms with Crippen LogP contribution in [0.5, 0.6) is 0 Å². The zero-order valence-corrected chi connectivity index (χ0v) is 11.9. The number of rotatable bonds is 2. The summed E-state index contributed by atoms with van der Waals surface area (Å²) in [6.45, 7) is 0.287. The molecule has 1 unspecified atom stereocenters. The molecule has 22 heavy (non-hydrogen) atoms. The lowest BCUT2D eigenvalue weighted by Crippen LogP contribution is -2.55. The Hall–Kier alpha value is -1.80. The first-order valence-electron chi connectivity index (χ1n) is 6.32. The van der Waals surface area contributed by atoms with Gasteiger partial charge in [0, 0.05) is 19.6 Å². The minimum Gasteiger partial charge on any atom is -0.480 e. The van der Waals surface area contributed by atoms with Crippen molar-refractivity contribution in [3.8, 4) is 0 Å². The maximum atomic E-state index is 12.7. The molecule has 1 aromatic rings. The maximum absolute atomic E-state index is 12.7. The lowest BCUT2D eigenvalue weighted by molar-refractivity contribution is -0.140. The number of hydrogen-bond donors (Lipinski definition) is 2. The van der Waals surface area contributed by atoms with Gasteiger partial charge in [-0.15, -0.1) is 0 Å². The van der Waals surface area contributed by atoms with Gasteiger partial charge in [0.2, 0.25) is 0 Å². The number of halogens is 4. The van der Waals surface area contributed by atoms with Gasteiger partial charge in [-0.1, -0.05) is 11.6 Å². The van der Waals surface area contributed by atoms with Crippen LogP contribution in [0.2, 0.25) is 5.02 Å². The highest BCUT2D eigenvalue weighted by molar-refractivity contribution is 6.33. The molecule has 0 aliphatic carbocycles. The predicted molar refractivity (Wildman–Crippen MR) is 71.8 cm³/mol. The van der Waals surface area contributed by atoms with E-state index < -0.39 is 29.7 Å². The first-order chi connectivity index (χ1) is 10.2. The lowest BCUT2D eigenvalue weighted by Gasteiger charge is -2.32. The average molecular weight is 337 g/mol. The summed E-state index contributed by atoms with van der Waals surface area (Å²) < 4.78 is 38.2. The van der Waals surface area contributed by atoms with Gasteiger partial charge in [-0.05, 0) is 18.2 Å². The zero-order valence-electron chi connectivity index (χ0n) is 11.2. The molecule has 1 atom stereocenters. The summed E-state index contributed by atoms with van der Waals surface area (Å²) in [6, 6.07) is 1.52. The van der Waals surface area contributed by atoms with E-state index in [9.17, 15) is 22.8 Å². The summed E-state index contributed by atoms with van der Waals surface area (Å²) in [5.41, 5.74) is -1.27. The number of nitrogens with one attached hydrogen (secondary N) is 1. The van der Waals surface area contributed by atoms with Crippen LogP contribution in [-0.2, 0) is 11.0 Å². The molecule has 1 amide bonds. The molecule has 1 saturated heterocycles. The number of hydrogen-bond acceptors (Lipinski definition) is 3. The number of aliphatic carboxylic acids is 1. The van der Waals surface area contributed by atoms with Crippen molar-refractivity contribution in [3.05, 3.63) is 34.3 Å². The lowest BCUT2D eigenvalue weighted by atomic mass is 10.1. The maximum Gasteiger partial charge on any atom is 0.416 e. The molecule has 0 spiro atoms. The third-order valence-corrected chi connectivity index (χ3v) is 3.61. The zero-order chi connectivity index (χ0) is 16.5. The van der Waals surface area contributed by atoms with E-state index in [1.54, 1.807) is 0 Å². The van der Waals surface area contributed by atoms with E-state index in [2.05, 4.69) is 5.32 Å². The second-order valence-electron chi connectivity index (χ2n) is 4.79. The summed E-state index contributed by atoms with van der Waals surface area (Å²) in [4.78, 5) is 24.4. The van der Waals surface area contributed by atoms with Crippen molar-refractivity contribution in [3.63, 3.8) is 0 Å². The largest absolute Gasteiger partial charge is 0.480 e. The van der Waals surface area contributed by atoms with Crippen LogP contribution < -0.4 is 5.32 Å². The monoisotopic (exact) mass is 336 g/mol. The average Bonchev–Trinajstić information content (AvgIpc) is 2.46. The Labute approximate surface area is 128 Å². The van der Waals surface area contributed by atoms with Crippen LogP contribution in [0.25, 0.3) is 0 Å². The van der Waals surface area contributed by atoms with Crippen molar-refractivity contribution in [2.24, 2.45) is 0 Å². The van der Waals surface area contributed by atoms with Crippen molar-refractivity contribution < 1.29 is 27.9 Å². The molecule has 2 rings (SSSR count). The molecule has 120 valence electrons. The second kappa shape index (κ2) is 6.13. The van der Waals surface area contributed by atoms with Gasteiger partial charge in [0.05, 0.1) is 16.1 Å². The van der Waals surface area contributed by atoms with Crippen LogP contribution in [0.3, 0.4) is 0 Å². The molecule has 0 bridgehead atoms. The van der Waals surface area contributed by atoms with Crippen LogP contribution in [0, 0.1) is 0 Å². The first kappa shape index (κ1) is 16.6. The highest BCUT2D eigenvalue weighted by Crippen LogP contribution is 2.32. The number of carboxylic acids is 1. The summed E-state index contributed by atoms with van der Waals surface area (Å²) in [6.07, 6.45) is -4.59. The second-order valence-corrected chi connectivity index (χ2v) is 5.20. The van der Waals surface area contributed by atoms with Gasteiger partial charge in [0.15, 0.2) is 0 Å². The van der Waals surface area contributed by atoms with Crippen molar-refractivity contribution >= 4 is 23.5 Å². The molecule has 1 heterocycles. The summed E-state index contributed by atoms with van der Waals surface area (Å²) in [5, 5.41) is 11.5. The molecule has 0 radical (unpaired) electrons. The van der Waals surface area contributed by atoms with Crippen LogP contribution in [-0.4, -0.2) is 47.6 Å². The Morgan fingerprint density at radius 1 is 1.36 bits per heavy atom. The number of benzene rings is 1. The Balaban J connectivity index is 2.27. The Morgan fingerprint density at radius 3 is 2.64 bits per heavy atom. The minimum absolute atomic E-state index is 0.108. The predicted octanol–water partition coefficient (Wildman–Crippen LogP) is 1.86. The smallest absolute Gasteiger partial charge is 0.416 e. The van der Waals surface area contributed by atoms with Gasteiger partial charge in [-0.25, -0.2) is 0 Å². The summed E-state index contributed by atoms with van der Waals surface area (Å²) >= 11 is 5.81. The molecule has 1 fully saturated rings. The van der Waals surface area contributed by atoms with Gasteiger partial charge in [-0.3, -0.25) is 9.59 Å². The number of carbonyl (C=O) groups is 2. The Morgan fingerprint density at radius 2 is 2.05 bits per heavy atom. The molecule has 1 aliphatic heterocycles. The van der Waals surface area contributed by atoms with E-state index in [0.29, 0.717) is 6.07 Å².